The Hall–Kier alpha value is -6.07. The lowest BCUT2D eigenvalue weighted by Crippen LogP contribution is -2.65. The summed E-state index contributed by atoms with van der Waals surface area (Å²) in [6.45, 7) is 2.54. The molecule has 4 aromatic carbocycles. The van der Waals surface area contributed by atoms with E-state index in [-0.39, 0.29) is 46.3 Å². The first-order chi connectivity index (χ1) is 34.4. The molecule has 18 nitrogen and oxygen atoms in total. The van der Waals surface area contributed by atoms with Crippen LogP contribution in [0.25, 0.3) is 21.8 Å². The largest absolute Gasteiger partial charge is 0.496 e. The first-order valence-corrected chi connectivity index (χ1v) is 25.6. The summed E-state index contributed by atoms with van der Waals surface area (Å²) in [4.78, 5) is 47.3. The first-order valence-electron chi connectivity index (χ1n) is 23.0. The fourth-order valence-electron chi connectivity index (χ4n) is 9.35. The lowest BCUT2D eigenvalue weighted by molar-refractivity contribution is -0.135. The second-order valence-electron chi connectivity index (χ2n) is 17.7. The highest BCUT2D eigenvalue weighted by Gasteiger charge is 2.47. The molecule has 2 unspecified atom stereocenters. The number of methoxy groups -OCH3 is 2. The van der Waals surface area contributed by atoms with Crippen LogP contribution >= 0.6 is 23.2 Å². The maximum atomic E-state index is 14.6. The van der Waals surface area contributed by atoms with Crippen LogP contribution in [0.1, 0.15) is 36.8 Å². The van der Waals surface area contributed by atoms with Gasteiger partial charge in [-0.1, -0.05) is 35.3 Å². The molecule has 0 radical (unpaired) electrons. The summed E-state index contributed by atoms with van der Waals surface area (Å²) in [7, 11) is 6.57. The van der Waals surface area contributed by atoms with Gasteiger partial charge in [0.2, 0.25) is 21.8 Å². The van der Waals surface area contributed by atoms with E-state index in [2.05, 4.69) is 51.4 Å². The molecule has 2 aliphatic heterocycles. The Morgan fingerprint density at radius 3 is 1.67 bits per heavy atom. The number of carbonyl (C=O) groups is 2. The topological polar surface area (TPSA) is 208 Å². The lowest BCUT2D eigenvalue weighted by atomic mass is 9.87. The molecular weight excluding hydrogens is 994 g/mol. The summed E-state index contributed by atoms with van der Waals surface area (Å²) in [6, 6.07) is 16.7. The maximum Gasteiger partial charge on any atom is 0.241 e. The minimum Gasteiger partial charge on any atom is -0.496 e. The third-order valence-electron chi connectivity index (χ3n) is 13.3. The number of aromatic nitrogens is 4. The minimum atomic E-state index is -3.49. The minimum absolute atomic E-state index is 0.0209. The number of sulfonamides is 1. The third-order valence-corrected chi connectivity index (χ3v) is 15.2. The van der Waals surface area contributed by atoms with Crippen LogP contribution in [-0.4, -0.2) is 140 Å². The number of hydrogen-bond donors (Lipinski definition) is 5. The Morgan fingerprint density at radius 1 is 0.750 bits per heavy atom. The van der Waals surface area contributed by atoms with Gasteiger partial charge in [0.25, 0.3) is 0 Å². The standard InChI is InChI=1S/C25H30ClFN6O4S.C24H28ClFN6O2/c1-28-24(34)25(9-6-10-33(14-25)38(4,35)36)32(2)13-16-11-17-20(12-21(16)37-3)29-15-30-23(17)31-19-8-5-7-18(26)22(19)27;1-27-23(33)24(8-5-9-28-13-24)32(2)12-15-10-16-19(11-20(15)34-3)29-14-30-22(16)31-18-7-4-6-17(25)21(18)26/h5,7-8,11-12,15H,6,9-10,13-14H2,1-4H3,(H,28,34)(H,29,30,31);4,6-7,10-11,14,28H,5,8-9,12-13H2,1-3H3,(H,27,33)(H,29,30,31). The van der Waals surface area contributed by atoms with Crippen LogP contribution in [0.3, 0.4) is 0 Å². The average Bonchev–Trinajstić information content (AvgIpc) is 3.38. The predicted octanol–water partition coefficient (Wildman–Crippen LogP) is 6.62. The number of carbonyl (C=O) groups excluding carboxylic acids is 2. The Labute approximate surface area is 427 Å². The zero-order chi connectivity index (χ0) is 52.0. The third kappa shape index (κ3) is 11.3. The van der Waals surface area contributed by atoms with E-state index in [0.29, 0.717) is 83.0 Å². The van der Waals surface area contributed by atoms with E-state index < -0.39 is 32.7 Å². The molecule has 384 valence electrons. The highest BCUT2D eigenvalue weighted by Crippen LogP contribution is 2.37. The van der Waals surface area contributed by atoms with Gasteiger partial charge in [-0.3, -0.25) is 19.4 Å². The van der Waals surface area contributed by atoms with Crippen molar-refractivity contribution in [3.8, 4) is 11.5 Å². The summed E-state index contributed by atoms with van der Waals surface area (Å²) in [5.74, 6) is 0.540. The Bertz CT molecular complexity index is 3080. The molecule has 2 atom stereocenters. The molecule has 0 bridgehead atoms. The number of rotatable bonds is 15. The number of halogens is 4. The normalized spacial score (nSPS) is 18.3. The highest BCUT2D eigenvalue weighted by atomic mass is 35.5. The van der Waals surface area contributed by atoms with Crippen molar-refractivity contribution >= 4 is 89.9 Å². The van der Waals surface area contributed by atoms with Crippen molar-refractivity contribution in [2.24, 2.45) is 0 Å². The number of piperidine rings is 2. The van der Waals surface area contributed by atoms with Crippen molar-refractivity contribution in [2.45, 2.75) is 49.9 Å². The second kappa shape index (κ2) is 22.8. The fourth-order valence-corrected chi connectivity index (χ4v) is 10.6. The number of amides is 2. The van der Waals surface area contributed by atoms with E-state index in [1.54, 1.807) is 51.5 Å². The number of ether oxygens (including phenoxy) is 2. The van der Waals surface area contributed by atoms with Crippen LogP contribution in [-0.2, 0) is 32.7 Å². The quantitative estimate of drug-likeness (QED) is 0.0733. The summed E-state index contributed by atoms with van der Waals surface area (Å²) >= 11 is 11.9. The number of nitrogens with one attached hydrogen (secondary N) is 5. The van der Waals surface area contributed by atoms with Crippen molar-refractivity contribution in [3.63, 3.8) is 0 Å². The zero-order valence-corrected chi connectivity index (χ0v) is 43.3. The van der Waals surface area contributed by atoms with Gasteiger partial charge in [0.05, 0.1) is 52.9 Å². The van der Waals surface area contributed by atoms with Crippen molar-refractivity contribution in [3.05, 3.63) is 106 Å². The van der Waals surface area contributed by atoms with Crippen molar-refractivity contribution in [1.29, 1.82) is 0 Å². The van der Waals surface area contributed by atoms with Crippen LogP contribution in [0.4, 0.5) is 31.8 Å². The van der Waals surface area contributed by atoms with Gasteiger partial charge in [-0.05, 0) is 82.7 Å². The van der Waals surface area contributed by atoms with Gasteiger partial charge in [-0.25, -0.2) is 37.1 Å². The number of hydrogen-bond acceptors (Lipinski definition) is 15. The van der Waals surface area contributed by atoms with Crippen LogP contribution < -0.4 is 36.1 Å². The van der Waals surface area contributed by atoms with E-state index in [9.17, 15) is 26.8 Å². The number of fused-ring (bicyclic) bond motifs is 2. The van der Waals surface area contributed by atoms with Gasteiger partial charge in [-0.2, -0.15) is 4.31 Å². The van der Waals surface area contributed by atoms with Gasteiger partial charge in [0.15, 0.2) is 11.6 Å². The Kier molecular flexibility index (Phi) is 17.0. The molecule has 2 aromatic heterocycles. The van der Waals surface area contributed by atoms with Crippen LogP contribution in [0.5, 0.6) is 11.5 Å². The number of anilines is 4. The molecule has 2 amide bonds. The van der Waals surface area contributed by atoms with Gasteiger partial charge in [0.1, 0.15) is 46.9 Å². The molecular formula is C49H58Cl2F2N12O6S. The smallest absolute Gasteiger partial charge is 0.241 e. The maximum absolute atomic E-state index is 14.6. The molecule has 2 saturated heterocycles. The first kappa shape index (κ1) is 53.7. The molecule has 2 aliphatic rings. The molecule has 23 heteroatoms. The van der Waals surface area contributed by atoms with E-state index in [0.717, 1.165) is 31.2 Å². The van der Waals surface area contributed by atoms with Crippen LogP contribution in [0.15, 0.2) is 73.3 Å². The molecule has 72 heavy (non-hydrogen) atoms. The molecule has 0 spiro atoms. The predicted molar refractivity (Wildman–Crippen MR) is 276 cm³/mol. The van der Waals surface area contributed by atoms with Crippen LogP contribution in [0.2, 0.25) is 10.0 Å². The summed E-state index contributed by atoms with van der Waals surface area (Å²) in [5.41, 5.74) is 1.39. The summed E-state index contributed by atoms with van der Waals surface area (Å²) < 4.78 is 66.4. The number of nitrogens with zero attached hydrogens (tertiary/aromatic N) is 7. The fraction of sp³-hybridized carbons (Fsp3) is 0.388. The second-order valence-corrected chi connectivity index (χ2v) is 20.5. The Balaban J connectivity index is 0.000000213. The lowest BCUT2D eigenvalue weighted by Gasteiger charge is -2.46. The monoisotopic (exact) mass is 1050 g/mol. The van der Waals surface area contributed by atoms with Crippen molar-refractivity contribution in [1.82, 2.24) is 50.0 Å². The summed E-state index contributed by atoms with van der Waals surface area (Å²) in [6.07, 6.45) is 6.58. The SMILES string of the molecule is CNC(=O)C1(N(C)Cc2cc3c(Nc4cccc(Cl)c4F)ncnc3cc2OC)CCCN(S(C)(=O)=O)C1.CNC(=O)C1(N(C)Cc2cc3c(Nc4cccc(Cl)c4F)ncnc3cc2OC)CCCNC1. The number of benzene rings is 4. The van der Waals surface area contributed by atoms with Gasteiger partial charge in [0, 0.05) is 80.9 Å². The summed E-state index contributed by atoms with van der Waals surface area (Å²) in [5, 5.41) is 16.2. The van der Waals surface area contributed by atoms with Gasteiger partial charge >= 0.3 is 0 Å². The van der Waals surface area contributed by atoms with Crippen LogP contribution in [0, 0.1) is 11.6 Å². The van der Waals surface area contributed by atoms with E-state index in [4.69, 9.17) is 32.7 Å². The van der Waals surface area contributed by atoms with E-state index >= 15 is 0 Å². The Morgan fingerprint density at radius 2 is 1.22 bits per heavy atom. The zero-order valence-electron chi connectivity index (χ0n) is 41.0. The number of likely N-dealkylation sites (N-methyl/N-ethyl adjacent to an activating group) is 4. The molecule has 5 N–H and O–H groups in total. The van der Waals surface area contributed by atoms with Crippen molar-refractivity contribution < 1.29 is 36.3 Å². The van der Waals surface area contributed by atoms with E-state index in [1.807, 2.05) is 30.1 Å². The molecule has 6 aromatic rings. The average molecular weight is 1050 g/mol. The van der Waals surface area contributed by atoms with Gasteiger partial charge < -0.3 is 36.1 Å². The molecule has 4 heterocycles. The van der Waals surface area contributed by atoms with Crippen molar-refractivity contribution in [2.75, 3.05) is 85.5 Å². The highest BCUT2D eigenvalue weighted by molar-refractivity contribution is 7.88. The molecule has 0 aliphatic carbocycles. The van der Waals surface area contributed by atoms with Gasteiger partial charge in [-0.15, -0.1) is 0 Å². The molecule has 0 saturated carbocycles. The molecule has 2 fully saturated rings. The molecule has 8 rings (SSSR count). The van der Waals surface area contributed by atoms with E-state index in [1.165, 1.54) is 43.3 Å².